The van der Waals surface area contributed by atoms with E-state index in [0.717, 1.165) is 27.5 Å². The summed E-state index contributed by atoms with van der Waals surface area (Å²) in [6.45, 7) is 8.59. The van der Waals surface area contributed by atoms with Gasteiger partial charge in [-0.05, 0) is 79.9 Å². The van der Waals surface area contributed by atoms with Crippen molar-refractivity contribution in [3.05, 3.63) is 15.4 Å². The monoisotopic (exact) mass is 357 g/mol. The van der Waals surface area contributed by atoms with Crippen molar-refractivity contribution in [2.45, 2.75) is 59.4 Å². The van der Waals surface area contributed by atoms with Crippen LogP contribution in [0.4, 0.5) is 5.00 Å². The van der Waals surface area contributed by atoms with E-state index in [2.05, 4.69) is 49.7 Å². The van der Waals surface area contributed by atoms with Gasteiger partial charge < -0.3 is 4.90 Å². The predicted octanol–water partition coefficient (Wildman–Crippen LogP) is 5.39. The summed E-state index contributed by atoms with van der Waals surface area (Å²) in [5, 5.41) is 1.11. The number of carbonyl (C=O) groups excluding carboxylic acids is 1. The van der Waals surface area contributed by atoms with E-state index in [1.807, 2.05) is 4.90 Å². The Balaban J connectivity index is 2.20. The van der Waals surface area contributed by atoms with Gasteiger partial charge in [0.25, 0.3) is 0 Å². The molecule has 0 aromatic carbocycles. The van der Waals surface area contributed by atoms with E-state index >= 15 is 0 Å². The lowest BCUT2D eigenvalue weighted by atomic mass is 9.82. The van der Waals surface area contributed by atoms with E-state index in [1.165, 1.54) is 18.4 Å². The Labute approximate surface area is 134 Å². The van der Waals surface area contributed by atoms with Crippen LogP contribution < -0.4 is 4.90 Å². The molecule has 0 unspecified atom stereocenters. The first-order valence-electron chi connectivity index (χ1n) is 7.49. The normalized spacial score (nSPS) is 23.1. The Hall–Kier alpha value is -0.350. The van der Waals surface area contributed by atoms with E-state index in [4.69, 9.17) is 0 Å². The fourth-order valence-electron chi connectivity index (χ4n) is 2.97. The molecule has 1 heterocycles. The first-order chi connectivity index (χ1) is 9.40. The molecule has 1 saturated carbocycles. The minimum atomic E-state index is 0.214. The SMILES string of the molecule is Cc1cc(Br)sc1N(C(=O)[C@H]1CC[C@H](C)CC1)C(C)C. The number of aryl methyl sites for hydroxylation is 1. The van der Waals surface area contributed by atoms with Gasteiger partial charge in [0.05, 0.1) is 3.79 Å². The van der Waals surface area contributed by atoms with Gasteiger partial charge in [0.15, 0.2) is 0 Å². The molecule has 1 aliphatic rings. The van der Waals surface area contributed by atoms with Crippen molar-refractivity contribution in [1.29, 1.82) is 0 Å². The van der Waals surface area contributed by atoms with Crippen LogP contribution in [0.5, 0.6) is 0 Å². The minimum absolute atomic E-state index is 0.214. The Morgan fingerprint density at radius 1 is 1.35 bits per heavy atom. The van der Waals surface area contributed by atoms with Crippen molar-refractivity contribution in [3.63, 3.8) is 0 Å². The Morgan fingerprint density at radius 2 is 1.95 bits per heavy atom. The molecule has 0 radical (unpaired) electrons. The molecule has 1 aromatic heterocycles. The maximum Gasteiger partial charge on any atom is 0.230 e. The zero-order valence-electron chi connectivity index (χ0n) is 12.8. The summed E-state index contributed by atoms with van der Waals surface area (Å²) in [7, 11) is 0. The molecule has 0 N–H and O–H groups in total. The third-order valence-electron chi connectivity index (χ3n) is 4.20. The van der Waals surface area contributed by atoms with Crippen molar-refractivity contribution in [2.75, 3.05) is 4.90 Å². The number of hydrogen-bond acceptors (Lipinski definition) is 2. The summed E-state index contributed by atoms with van der Waals surface area (Å²) >= 11 is 5.20. The molecule has 20 heavy (non-hydrogen) atoms. The first-order valence-corrected chi connectivity index (χ1v) is 9.10. The second-order valence-electron chi connectivity index (χ2n) is 6.30. The number of hydrogen-bond donors (Lipinski definition) is 0. The topological polar surface area (TPSA) is 20.3 Å². The van der Waals surface area contributed by atoms with Gasteiger partial charge in [0, 0.05) is 12.0 Å². The Morgan fingerprint density at radius 3 is 2.40 bits per heavy atom. The lowest BCUT2D eigenvalue weighted by molar-refractivity contribution is -0.123. The highest BCUT2D eigenvalue weighted by Crippen LogP contribution is 2.38. The van der Waals surface area contributed by atoms with E-state index in [-0.39, 0.29) is 12.0 Å². The van der Waals surface area contributed by atoms with E-state index in [9.17, 15) is 4.79 Å². The van der Waals surface area contributed by atoms with Crippen LogP contribution in [0, 0.1) is 18.8 Å². The van der Waals surface area contributed by atoms with Crippen LogP contribution in [-0.4, -0.2) is 11.9 Å². The molecule has 0 aliphatic heterocycles. The fraction of sp³-hybridized carbons (Fsp3) is 0.688. The quantitative estimate of drug-likeness (QED) is 0.710. The standard InChI is InChI=1S/C16H24BrNOS/c1-10(2)18(16-12(4)9-14(17)20-16)15(19)13-7-5-11(3)6-8-13/h9-11,13H,5-8H2,1-4H3/t11-,13-. The maximum atomic E-state index is 12.9. The smallest absolute Gasteiger partial charge is 0.230 e. The molecule has 0 spiro atoms. The van der Waals surface area contributed by atoms with E-state index in [1.54, 1.807) is 11.3 Å². The maximum absolute atomic E-state index is 12.9. The number of carbonyl (C=O) groups is 1. The molecule has 2 rings (SSSR count). The van der Waals surface area contributed by atoms with Crippen LogP contribution in [-0.2, 0) is 4.79 Å². The lowest BCUT2D eigenvalue weighted by Gasteiger charge is -2.33. The summed E-state index contributed by atoms with van der Waals surface area (Å²) in [5.41, 5.74) is 1.19. The third-order valence-corrected chi connectivity index (χ3v) is 5.94. The summed E-state index contributed by atoms with van der Waals surface area (Å²) in [4.78, 5) is 14.9. The second kappa shape index (κ2) is 6.61. The second-order valence-corrected chi connectivity index (χ2v) is 8.71. The molecule has 1 fully saturated rings. The molecule has 112 valence electrons. The summed E-state index contributed by atoms with van der Waals surface area (Å²) in [6, 6.07) is 2.32. The highest BCUT2D eigenvalue weighted by molar-refractivity contribution is 9.11. The summed E-state index contributed by atoms with van der Waals surface area (Å²) < 4.78 is 1.10. The molecule has 1 amide bonds. The van der Waals surface area contributed by atoms with Gasteiger partial charge in [0.2, 0.25) is 5.91 Å². The van der Waals surface area contributed by atoms with Gasteiger partial charge in [-0.25, -0.2) is 0 Å². The Bertz CT molecular complexity index is 475. The molecular weight excluding hydrogens is 334 g/mol. The first kappa shape index (κ1) is 16.0. The van der Waals surface area contributed by atoms with E-state index in [0.29, 0.717) is 5.91 Å². The van der Waals surface area contributed by atoms with Gasteiger partial charge in [0.1, 0.15) is 5.00 Å². The molecule has 1 aliphatic carbocycles. The highest BCUT2D eigenvalue weighted by atomic mass is 79.9. The average Bonchev–Trinajstić information content (AvgIpc) is 2.69. The molecule has 0 atom stereocenters. The largest absolute Gasteiger partial charge is 0.301 e. The minimum Gasteiger partial charge on any atom is -0.301 e. The average molecular weight is 358 g/mol. The van der Waals surface area contributed by atoms with E-state index < -0.39 is 0 Å². The molecule has 0 saturated heterocycles. The van der Waals surface area contributed by atoms with Crippen molar-refractivity contribution >= 4 is 38.2 Å². The van der Waals surface area contributed by atoms with Gasteiger partial charge in [-0.15, -0.1) is 11.3 Å². The van der Waals surface area contributed by atoms with Gasteiger partial charge in [-0.1, -0.05) is 6.92 Å². The third kappa shape index (κ3) is 3.45. The molecular formula is C16H24BrNOS. The van der Waals surface area contributed by atoms with Gasteiger partial charge >= 0.3 is 0 Å². The molecule has 4 heteroatoms. The predicted molar refractivity (Wildman–Crippen MR) is 90.5 cm³/mol. The number of amides is 1. The van der Waals surface area contributed by atoms with Gasteiger partial charge in [-0.3, -0.25) is 4.79 Å². The zero-order chi connectivity index (χ0) is 14.9. The van der Waals surface area contributed by atoms with Crippen LogP contribution >= 0.6 is 27.3 Å². The van der Waals surface area contributed by atoms with Gasteiger partial charge in [-0.2, -0.15) is 0 Å². The highest BCUT2D eigenvalue weighted by Gasteiger charge is 2.31. The van der Waals surface area contributed by atoms with Crippen molar-refractivity contribution in [2.24, 2.45) is 11.8 Å². The number of anilines is 1. The number of halogens is 1. The van der Waals surface area contributed by atoms with Crippen LogP contribution in [0.1, 0.15) is 52.0 Å². The van der Waals surface area contributed by atoms with Crippen molar-refractivity contribution in [3.8, 4) is 0 Å². The molecule has 0 bridgehead atoms. The number of nitrogens with zero attached hydrogens (tertiary/aromatic N) is 1. The lowest BCUT2D eigenvalue weighted by Crippen LogP contribution is -2.42. The van der Waals surface area contributed by atoms with Crippen LogP contribution in [0.3, 0.4) is 0 Å². The number of rotatable bonds is 3. The molecule has 2 nitrogen and oxygen atoms in total. The van der Waals surface area contributed by atoms with Crippen molar-refractivity contribution < 1.29 is 4.79 Å². The van der Waals surface area contributed by atoms with Crippen LogP contribution in [0.15, 0.2) is 9.85 Å². The summed E-state index contributed by atoms with van der Waals surface area (Å²) in [5.74, 6) is 1.32. The molecule has 1 aromatic rings. The van der Waals surface area contributed by atoms with Crippen LogP contribution in [0.2, 0.25) is 0 Å². The number of thiophene rings is 1. The van der Waals surface area contributed by atoms with Crippen LogP contribution in [0.25, 0.3) is 0 Å². The van der Waals surface area contributed by atoms with Crippen molar-refractivity contribution in [1.82, 2.24) is 0 Å². The zero-order valence-corrected chi connectivity index (χ0v) is 15.2. The Kier molecular flexibility index (Phi) is 5.30. The fourth-order valence-corrected chi connectivity index (χ4v) is 4.81. The summed E-state index contributed by atoms with van der Waals surface area (Å²) in [6.07, 6.45) is 4.48.